The number of aryl methyl sites for hydroxylation is 1. The van der Waals surface area contributed by atoms with Crippen molar-refractivity contribution in [3.63, 3.8) is 0 Å². The molecule has 0 fully saturated rings. The highest BCUT2D eigenvalue weighted by molar-refractivity contribution is 5.70. The highest BCUT2D eigenvalue weighted by atomic mass is 16.5. The lowest BCUT2D eigenvalue weighted by Gasteiger charge is -2.10. The molecular formula is C13H16N4O. The SMILES string of the molecule is CNc1cc(-c2cc(C)ccc2OC)nc(N)n1. The van der Waals surface area contributed by atoms with Crippen LogP contribution < -0.4 is 15.8 Å². The Balaban J connectivity index is 2.60. The van der Waals surface area contributed by atoms with Crippen molar-refractivity contribution in [3.05, 3.63) is 29.8 Å². The lowest BCUT2D eigenvalue weighted by atomic mass is 10.1. The van der Waals surface area contributed by atoms with Gasteiger partial charge >= 0.3 is 0 Å². The van der Waals surface area contributed by atoms with E-state index in [0.717, 1.165) is 22.6 Å². The van der Waals surface area contributed by atoms with Crippen molar-refractivity contribution in [2.45, 2.75) is 6.92 Å². The van der Waals surface area contributed by atoms with Gasteiger partial charge in [0.15, 0.2) is 0 Å². The van der Waals surface area contributed by atoms with Crippen molar-refractivity contribution in [2.24, 2.45) is 0 Å². The van der Waals surface area contributed by atoms with Crippen molar-refractivity contribution < 1.29 is 4.74 Å². The maximum Gasteiger partial charge on any atom is 0.222 e. The van der Waals surface area contributed by atoms with E-state index < -0.39 is 0 Å². The molecule has 2 rings (SSSR count). The summed E-state index contributed by atoms with van der Waals surface area (Å²) >= 11 is 0. The number of benzene rings is 1. The summed E-state index contributed by atoms with van der Waals surface area (Å²) in [4.78, 5) is 8.32. The number of ether oxygens (including phenoxy) is 1. The Morgan fingerprint density at radius 3 is 2.67 bits per heavy atom. The third-order valence-corrected chi connectivity index (χ3v) is 2.63. The van der Waals surface area contributed by atoms with Crippen LogP contribution in [0.1, 0.15) is 5.56 Å². The zero-order valence-corrected chi connectivity index (χ0v) is 10.7. The summed E-state index contributed by atoms with van der Waals surface area (Å²) in [7, 11) is 3.43. The fraction of sp³-hybridized carbons (Fsp3) is 0.231. The van der Waals surface area contributed by atoms with E-state index in [9.17, 15) is 0 Å². The summed E-state index contributed by atoms with van der Waals surface area (Å²) in [5.74, 6) is 1.68. The minimum atomic E-state index is 0.236. The second-order valence-corrected chi connectivity index (χ2v) is 3.95. The van der Waals surface area contributed by atoms with Gasteiger partial charge in [0.2, 0.25) is 5.95 Å². The Labute approximate surface area is 106 Å². The number of hydrogen-bond acceptors (Lipinski definition) is 5. The van der Waals surface area contributed by atoms with Crippen LogP contribution in [0.3, 0.4) is 0 Å². The van der Waals surface area contributed by atoms with E-state index in [2.05, 4.69) is 15.3 Å². The normalized spacial score (nSPS) is 10.2. The molecule has 5 nitrogen and oxygen atoms in total. The van der Waals surface area contributed by atoms with E-state index in [1.165, 1.54) is 0 Å². The third kappa shape index (κ3) is 2.34. The monoisotopic (exact) mass is 244 g/mol. The minimum Gasteiger partial charge on any atom is -0.496 e. The standard InChI is InChI=1S/C13H16N4O/c1-8-4-5-11(18-3)9(6-8)10-7-12(15-2)17-13(14)16-10/h4-7H,1-3H3,(H3,14,15,16,17). The molecule has 0 saturated heterocycles. The van der Waals surface area contributed by atoms with Crippen LogP contribution in [0, 0.1) is 6.92 Å². The van der Waals surface area contributed by atoms with Crippen molar-refractivity contribution in [1.82, 2.24) is 9.97 Å². The molecule has 0 saturated carbocycles. The van der Waals surface area contributed by atoms with Crippen molar-refractivity contribution >= 4 is 11.8 Å². The molecule has 0 spiro atoms. The van der Waals surface area contributed by atoms with Gasteiger partial charge in [-0.3, -0.25) is 0 Å². The molecule has 1 aromatic carbocycles. The molecule has 94 valence electrons. The third-order valence-electron chi connectivity index (χ3n) is 2.63. The number of rotatable bonds is 3. The van der Waals surface area contributed by atoms with E-state index >= 15 is 0 Å². The number of nitrogens with two attached hydrogens (primary N) is 1. The maximum atomic E-state index is 5.70. The predicted molar refractivity (Wildman–Crippen MR) is 72.7 cm³/mol. The summed E-state index contributed by atoms with van der Waals surface area (Å²) < 4.78 is 5.35. The Bertz CT molecular complexity index is 569. The average molecular weight is 244 g/mol. The molecule has 2 aromatic rings. The second-order valence-electron chi connectivity index (χ2n) is 3.95. The Kier molecular flexibility index (Phi) is 3.32. The van der Waals surface area contributed by atoms with E-state index in [4.69, 9.17) is 10.5 Å². The fourth-order valence-electron chi connectivity index (χ4n) is 1.75. The second kappa shape index (κ2) is 4.91. The van der Waals surface area contributed by atoms with Crippen molar-refractivity contribution in [3.8, 4) is 17.0 Å². The zero-order valence-electron chi connectivity index (χ0n) is 10.7. The number of nitrogen functional groups attached to an aromatic ring is 1. The molecule has 3 N–H and O–H groups in total. The smallest absolute Gasteiger partial charge is 0.222 e. The molecule has 0 aliphatic rings. The van der Waals surface area contributed by atoms with Crippen LogP contribution in [0.4, 0.5) is 11.8 Å². The largest absolute Gasteiger partial charge is 0.496 e. The Morgan fingerprint density at radius 1 is 1.22 bits per heavy atom. The van der Waals surface area contributed by atoms with Crippen LogP contribution in [0.15, 0.2) is 24.3 Å². The average Bonchev–Trinajstić information content (AvgIpc) is 2.38. The van der Waals surface area contributed by atoms with Crippen LogP contribution in [0.5, 0.6) is 5.75 Å². The van der Waals surface area contributed by atoms with Gasteiger partial charge in [-0.25, -0.2) is 4.98 Å². The van der Waals surface area contributed by atoms with Crippen molar-refractivity contribution in [1.29, 1.82) is 0 Å². The van der Waals surface area contributed by atoms with Crippen LogP contribution in [0.2, 0.25) is 0 Å². The highest BCUT2D eigenvalue weighted by Crippen LogP contribution is 2.30. The van der Waals surface area contributed by atoms with Crippen LogP contribution >= 0.6 is 0 Å². The first-order valence-electron chi connectivity index (χ1n) is 5.61. The quantitative estimate of drug-likeness (QED) is 0.864. The van der Waals surface area contributed by atoms with E-state index in [-0.39, 0.29) is 5.95 Å². The van der Waals surface area contributed by atoms with E-state index in [0.29, 0.717) is 5.82 Å². The van der Waals surface area contributed by atoms with E-state index in [1.807, 2.05) is 31.2 Å². The maximum absolute atomic E-state index is 5.70. The first-order chi connectivity index (χ1) is 8.63. The lowest BCUT2D eigenvalue weighted by Crippen LogP contribution is -2.01. The Hall–Kier alpha value is -2.30. The number of methoxy groups -OCH3 is 1. The molecule has 5 heteroatoms. The van der Waals surface area contributed by atoms with Crippen LogP contribution in [-0.4, -0.2) is 24.1 Å². The van der Waals surface area contributed by atoms with Gasteiger partial charge < -0.3 is 15.8 Å². The van der Waals surface area contributed by atoms with Gasteiger partial charge in [0.25, 0.3) is 0 Å². The van der Waals surface area contributed by atoms with Crippen molar-refractivity contribution in [2.75, 3.05) is 25.2 Å². The summed E-state index contributed by atoms with van der Waals surface area (Å²) in [6.07, 6.45) is 0. The molecule has 0 unspecified atom stereocenters. The van der Waals surface area contributed by atoms with Gasteiger partial charge in [0, 0.05) is 18.7 Å². The summed E-state index contributed by atoms with van der Waals surface area (Å²) in [6.45, 7) is 2.02. The number of nitrogens with one attached hydrogen (secondary N) is 1. The number of hydrogen-bond donors (Lipinski definition) is 2. The Morgan fingerprint density at radius 2 is 2.00 bits per heavy atom. The van der Waals surface area contributed by atoms with Gasteiger partial charge in [-0.1, -0.05) is 11.6 Å². The van der Waals surface area contributed by atoms with Gasteiger partial charge in [-0.2, -0.15) is 4.98 Å². The fourth-order valence-corrected chi connectivity index (χ4v) is 1.75. The molecular weight excluding hydrogens is 228 g/mol. The van der Waals surface area contributed by atoms with Crippen LogP contribution in [-0.2, 0) is 0 Å². The van der Waals surface area contributed by atoms with E-state index in [1.54, 1.807) is 14.2 Å². The molecule has 18 heavy (non-hydrogen) atoms. The van der Waals surface area contributed by atoms with Gasteiger partial charge in [-0.05, 0) is 19.1 Å². The molecule has 1 aromatic heterocycles. The molecule has 0 aliphatic carbocycles. The number of anilines is 2. The summed E-state index contributed by atoms with van der Waals surface area (Å²) in [6, 6.07) is 7.77. The topological polar surface area (TPSA) is 73.1 Å². The van der Waals surface area contributed by atoms with Gasteiger partial charge in [0.05, 0.1) is 12.8 Å². The van der Waals surface area contributed by atoms with Gasteiger partial charge in [-0.15, -0.1) is 0 Å². The van der Waals surface area contributed by atoms with Crippen LogP contribution in [0.25, 0.3) is 11.3 Å². The predicted octanol–water partition coefficient (Wildman–Crippen LogP) is 2.08. The molecule has 0 atom stereocenters. The first kappa shape index (κ1) is 12.2. The zero-order chi connectivity index (χ0) is 13.1. The van der Waals surface area contributed by atoms with Gasteiger partial charge in [0.1, 0.15) is 11.6 Å². The lowest BCUT2D eigenvalue weighted by molar-refractivity contribution is 0.416. The molecule has 1 heterocycles. The minimum absolute atomic E-state index is 0.236. The number of nitrogens with zero attached hydrogens (tertiary/aromatic N) is 2. The summed E-state index contributed by atoms with van der Waals surface area (Å²) in [5.41, 5.74) is 8.48. The highest BCUT2D eigenvalue weighted by Gasteiger charge is 2.10. The first-order valence-corrected chi connectivity index (χ1v) is 5.61. The summed E-state index contributed by atoms with van der Waals surface area (Å²) in [5, 5.41) is 2.96. The number of aromatic nitrogens is 2. The molecule has 0 amide bonds. The molecule has 0 aliphatic heterocycles. The molecule has 0 radical (unpaired) electrons. The molecule has 0 bridgehead atoms.